The van der Waals surface area contributed by atoms with Gasteiger partial charge in [-0.25, -0.2) is 8.42 Å². The van der Waals surface area contributed by atoms with Crippen molar-refractivity contribution in [1.29, 1.82) is 0 Å². The minimum absolute atomic E-state index is 0.0776. The molecule has 0 aliphatic heterocycles. The first-order valence-electron chi connectivity index (χ1n) is 11.4. The van der Waals surface area contributed by atoms with Gasteiger partial charge in [-0.3, -0.25) is 13.9 Å². The van der Waals surface area contributed by atoms with Gasteiger partial charge >= 0.3 is 0 Å². The Morgan fingerprint density at radius 1 is 0.886 bits per heavy atom. The van der Waals surface area contributed by atoms with Crippen molar-refractivity contribution in [2.45, 2.75) is 45.6 Å². The van der Waals surface area contributed by atoms with Gasteiger partial charge in [0.15, 0.2) is 0 Å². The topological polar surface area (TPSA) is 95.6 Å². The number of sulfonamides is 1. The lowest BCUT2D eigenvalue weighted by Gasteiger charge is -2.25. The maximum absolute atomic E-state index is 13.6. The van der Waals surface area contributed by atoms with Gasteiger partial charge in [0.1, 0.15) is 6.54 Å². The number of rotatable bonds is 8. The molecule has 0 fully saturated rings. The first kappa shape index (κ1) is 26.0. The van der Waals surface area contributed by atoms with Crippen LogP contribution in [0.1, 0.15) is 40.9 Å². The van der Waals surface area contributed by atoms with Gasteiger partial charge in [-0.2, -0.15) is 0 Å². The van der Waals surface area contributed by atoms with Crippen molar-refractivity contribution in [3.8, 4) is 0 Å². The summed E-state index contributed by atoms with van der Waals surface area (Å²) in [7, 11) is -4.04. The quantitative estimate of drug-likeness (QED) is 0.480. The van der Waals surface area contributed by atoms with Crippen LogP contribution in [0.15, 0.2) is 71.6 Å². The zero-order valence-electron chi connectivity index (χ0n) is 20.6. The predicted molar refractivity (Wildman–Crippen MR) is 139 cm³/mol. The van der Waals surface area contributed by atoms with Crippen LogP contribution in [0.5, 0.6) is 0 Å². The number of nitrogens with zero attached hydrogens (tertiary/aromatic N) is 1. The van der Waals surface area contributed by atoms with Crippen LogP contribution in [-0.2, 0) is 14.8 Å². The molecule has 0 bridgehead atoms. The number of nitrogens with one attached hydrogen (secondary N) is 2. The molecule has 0 unspecified atom stereocenters. The van der Waals surface area contributed by atoms with E-state index in [2.05, 4.69) is 10.6 Å². The second-order valence-electron chi connectivity index (χ2n) is 8.82. The van der Waals surface area contributed by atoms with E-state index < -0.39 is 22.5 Å². The second-order valence-corrected chi connectivity index (χ2v) is 10.7. The fourth-order valence-corrected chi connectivity index (χ4v) is 4.90. The molecule has 3 aromatic rings. The molecular weight excluding hydrogens is 462 g/mol. The lowest BCUT2D eigenvalue weighted by atomic mass is 10.1. The smallest absolute Gasteiger partial charge is 0.264 e. The van der Waals surface area contributed by atoms with Crippen molar-refractivity contribution >= 4 is 33.2 Å². The van der Waals surface area contributed by atoms with E-state index in [0.717, 1.165) is 21.0 Å². The summed E-state index contributed by atoms with van der Waals surface area (Å²) in [5.74, 6) is -0.891. The van der Waals surface area contributed by atoms with Crippen LogP contribution in [-0.4, -0.2) is 32.8 Å². The number of para-hydroxylation sites is 1. The summed E-state index contributed by atoms with van der Waals surface area (Å²) in [5, 5.41) is 5.52. The Labute approximate surface area is 207 Å². The highest BCUT2D eigenvalue weighted by molar-refractivity contribution is 7.92. The SMILES string of the molecule is Cc1ccc(S(=O)(=O)N(CC(=O)Nc2ccccc2C(=O)NC(C)C)c2ccc(C)c(C)c2)cc1. The molecule has 0 aliphatic rings. The third-order valence-electron chi connectivity index (χ3n) is 5.54. The molecule has 3 rings (SSSR count). The van der Waals surface area contributed by atoms with Gasteiger partial charge in [0.05, 0.1) is 21.8 Å². The molecule has 0 radical (unpaired) electrons. The zero-order valence-corrected chi connectivity index (χ0v) is 21.4. The van der Waals surface area contributed by atoms with Crippen LogP contribution in [0.3, 0.4) is 0 Å². The molecule has 0 saturated carbocycles. The molecule has 0 saturated heterocycles. The molecule has 0 spiro atoms. The molecule has 3 aromatic carbocycles. The fourth-order valence-electron chi connectivity index (χ4n) is 3.48. The third kappa shape index (κ3) is 6.27. The number of carbonyl (C=O) groups excluding carboxylic acids is 2. The molecule has 2 N–H and O–H groups in total. The predicted octanol–water partition coefficient (Wildman–Crippen LogP) is 4.58. The molecule has 35 heavy (non-hydrogen) atoms. The fraction of sp³-hybridized carbons (Fsp3) is 0.259. The van der Waals surface area contributed by atoms with Crippen LogP contribution < -0.4 is 14.9 Å². The van der Waals surface area contributed by atoms with E-state index in [9.17, 15) is 18.0 Å². The maximum atomic E-state index is 13.6. The van der Waals surface area contributed by atoms with E-state index in [-0.39, 0.29) is 16.8 Å². The molecule has 0 aromatic heterocycles. The average Bonchev–Trinajstić information content (AvgIpc) is 2.79. The van der Waals surface area contributed by atoms with Gasteiger partial charge in [-0.15, -0.1) is 0 Å². The highest BCUT2D eigenvalue weighted by atomic mass is 32.2. The molecular formula is C27H31N3O4S. The van der Waals surface area contributed by atoms with Crippen molar-refractivity contribution in [3.63, 3.8) is 0 Å². The van der Waals surface area contributed by atoms with E-state index in [1.54, 1.807) is 48.5 Å². The first-order chi connectivity index (χ1) is 16.5. The Balaban J connectivity index is 1.96. The third-order valence-corrected chi connectivity index (χ3v) is 7.33. The van der Waals surface area contributed by atoms with E-state index in [1.165, 1.54) is 12.1 Å². The van der Waals surface area contributed by atoms with Gasteiger partial charge in [-0.05, 0) is 82.1 Å². The van der Waals surface area contributed by atoms with Gasteiger partial charge in [0, 0.05) is 6.04 Å². The van der Waals surface area contributed by atoms with Crippen LogP contribution in [0.4, 0.5) is 11.4 Å². The normalized spacial score (nSPS) is 11.3. The molecule has 184 valence electrons. The molecule has 0 aliphatic carbocycles. The van der Waals surface area contributed by atoms with Crippen molar-refractivity contribution in [2.75, 3.05) is 16.2 Å². The number of anilines is 2. The Bertz CT molecular complexity index is 1330. The summed E-state index contributed by atoms with van der Waals surface area (Å²) in [6.45, 7) is 8.92. The summed E-state index contributed by atoms with van der Waals surface area (Å²) in [6, 6.07) is 18.3. The van der Waals surface area contributed by atoms with Crippen LogP contribution in [0.2, 0.25) is 0 Å². The lowest BCUT2D eigenvalue weighted by Crippen LogP contribution is -2.38. The minimum Gasteiger partial charge on any atom is -0.350 e. The number of aryl methyl sites for hydroxylation is 3. The van der Waals surface area contributed by atoms with E-state index in [1.807, 2.05) is 40.7 Å². The highest BCUT2D eigenvalue weighted by Gasteiger charge is 2.28. The lowest BCUT2D eigenvalue weighted by molar-refractivity contribution is -0.114. The van der Waals surface area contributed by atoms with Gasteiger partial charge < -0.3 is 10.6 Å². The van der Waals surface area contributed by atoms with E-state index in [4.69, 9.17) is 0 Å². The van der Waals surface area contributed by atoms with Crippen molar-refractivity contribution < 1.29 is 18.0 Å². The maximum Gasteiger partial charge on any atom is 0.264 e. The highest BCUT2D eigenvalue weighted by Crippen LogP contribution is 2.26. The van der Waals surface area contributed by atoms with Gasteiger partial charge in [0.25, 0.3) is 15.9 Å². The van der Waals surface area contributed by atoms with Crippen LogP contribution >= 0.6 is 0 Å². The monoisotopic (exact) mass is 493 g/mol. The summed E-state index contributed by atoms with van der Waals surface area (Å²) in [6.07, 6.45) is 0. The number of carbonyl (C=O) groups is 2. The number of amides is 2. The molecule has 8 heteroatoms. The Morgan fingerprint density at radius 3 is 2.17 bits per heavy atom. The largest absolute Gasteiger partial charge is 0.350 e. The first-order valence-corrected chi connectivity index (χ1v) is 12.8. The van der Waals surface area contributed by atoms with Gasteiger partial charge in [0.2, 0.25) is 5.91 Å². The summed E-state index contributed by atoms with van der Waals surface area (Å²) >= 11 is 0. The van der Waals surface area contributed by atoms with Crippen LogP contribution in [0.25, 0.3) is 0 Å². The molecule has 0 heterocycles. The Hall–Kier alpha value is -3.65. The molecule has 2 amide bonds. The van der Waals surface area contributed by atoms with Crippen molar-refractivity contribution in [3.05, 3.63) is 89.0 Å². The summed E-state index contributed by atoms with van der Waals surface area (Å²) in [4.78, 5) is 25.8. The standard InChI is InChI=1S/C27H31N3O4S/c1-18(2)28-27(32)24-8-6-7-9-25(24)29-26(31)17-30(22-13-12-20(4)21(5)16-22)35(33,34)23-14-10-19(3)11-15-23/h6-16,18H,17H2,1-5H3,(H,28,32)(H,29,31). The molecule has 0 atom stereocenters. The number of hydrogen-bond acceptors (Lipinski definition) is 4. The van der Waals surface area contributed by atoms with Gasteiger partial charge in [-0.1, -0.05) is 35.9 Å². The number of benzene rings is 3. The van der Waals surface area contributed by atoms with E-state index in [0.29, 0.717) is 16.9 Å². The van der Waals surface area contributed by atoms with Crippen molar-refractivity contribution in [1.82, 2.24) is 5.32 Å². The average molecular weight is 494 g/mol. The minimum atomic E-state index is -4.04. The molecule has 7 nitrogen and oxygen atoms in total. The zero-order chi connectivity index (χ0) is 25.8. The van der Waals surface area contributed by atoms with Crippen LogP contribution in [0, 0.1) is 20.8 Å². The second kappa shape index (κ2) is 10.7. The Morgan fingerprint density at radius 2 is 1.54 bits per heavy atom. The van der Waals surface area contributed by atoms with E-state index >= 15 is 0 Å². The Kier molecular flexibility index (Phi) is 7.96. The number of hydrogen-bond donors (Lipinski definition) is 2. The summed E-state index contributed by atoms with van der Waals surface area (Å²) < 4.78 is 28.3. The van der Waals surface area contributed by atoms with Crippen molar-refractivity contribution in [2.24, 2.45) is 0 Å². The summed E-state index contributed by atoms with van der Waals surface area (Å²) in [5.41, 5.74) is 3.83.